The Balaban J connectivity index is 0. The number of phosphoric ester groups is 1. The van der Waals surface area contributed by atoms with E-state index in [0.717, 1.165) is 19.3 Å². The van der Waals surface area contributed by atoms with Gasteiger partial charge < -0.3 is 9.79 Å². The molecule has 0 atom stereocenters. The summed E-state index contributed by atoms with van der Waals surface area (Å²) in [6.07, 6.45) is 20.7. The summed E-state index contributed by atoms with van der Waals surface area (Å²) in [6.45, 7) is 2.43. The Labute approximate surface area is 170 Å². The molecule has 142 valence electrons. The molecule has 0 amide bonds. The molecule has 0 aliphatic rings. The summed E-state index contributed by atoms with van der Waals surface area (Å²) in [6, 6.07) is 0. The van der Waals surface area contributed by atoms with E-state index in [1.807, 2.05) is 0 Å². The van der Waals surface area contributed by atoms with E-state index in [9.17, 15) is 4.57 Å². The fourth-order valence-corrected chi connectivity index (χ4v) is 3.20. The smallest absolute Gasteiger partial charge is 0.303 e. The van der Waals surface area contributed by atoms with Gasteiger partial charge in [-0.1, -0.05) is 103 Å². The average molecular weight is 551 g/mol. The molecule has 0 aliphatic heterocycles. The number of hydrogen-bond acceptors (Lipinski definition) is 2. The van der Waals surface area contributed by atoms with Crippen molar-refractivity contribution in [3.05, 3.63) is 0 Å². The van der Waals surface area contributed by atoms with Gasteiger partial charge in [0.1, 0.15) is 0 Å². The Morgan fingerprint density at radius 3 is 1.21 bits per heavy atom. The molecule has 0 unspecified atom stereocenters. The van der Waals surface area contributed by atoms with Gasteiger partial charge in [0.2, 0.25) is 0 Å². The number of phosphoric acid groups is 1. The molecule has 0 fully saturated rings. The number of rotatable bonds is 18. The van der Waals surface area contributed by atoms with Crippen LogP contribution in [-0.4, -0.2) is 16.4 Å². The van der Waals surface area contributed by atoms with E-state index < -0.39 is 7.82 Å². The van der Waals surface area contributed by atoms with Crippen molar-refractivity contribution < 1.29 is 46.5 Å². The van der Waals surface area contributed by atoms with Crippen molar-refractivity contribution in [3.63, 3.8) is 0 Å². The van der Waals surface area contributed by atoms with E-state index in [-0.39, 0.29) is 34.3 Å². The van der Waals surface area contributed by atoms with Gasteiger partial charge >= 0.3 is 7.82 Å². The fraction of sp³-hybridized carbons (Fsp3) is 1.00. The quantitative estimate of drug-likeness (QED) is 0.118. The zero-order valence-corrected chi connectivity index (χ0v) is 22.3. The van der Waals surface area contributed by atoms with E-state index in [1.165, 1.54) is 83.5 Å². The van der Waals surface area contributed by atoms with Crippen LogP contribution in [0.5, 0.6) is 0 Å². The normalized spacial score (nSPS) is 11.5. The molecule has 6 heteroatoms. The SMILES string of the molecule is CCCCCCCCCCCCCCCCCCOP(=O)(O)O.[Hg]. The maximum Gasteiger partial charge on any atom is 0.469 e. The molecule has 0 aromatic heterocycles. The van der Waals surface area contributed by atoms with E-state index in [4.69, 9.17) is 9.79 Å². The van der Waals surface area contributed by atoms with E-state index in [2.05, 4.69) is 11.4 Å². The summed E-state index contributed by atoms with van der Waals surface area (Å²) in [4.78, 5) is 17.1. The molecule has 0 radical (unpaired) electrons. The summed E-state index contributed by atoms with van der Waals surface area (Å²) in [5.41, 5.74) is 0. The molecule has 0 aromatic rings. The van der Waals surface area contributed by atoms with Crippen molar-refractivity contribution >= 4 is 7.82 Å². The van der Waals surface area contributed by atoms with Gasteiger partial charge in [0.05, 0.1) is 6.61 Å². The van der Waals surface area contributed by atoms with E-state index in [1.54, 1.807) is 0 Å². The molecule has 0 saturated carbocycles. The molecular weight excluding hydrogens is 512 g/mol. The van der Waals surface area contributed by atoms with Crippen molar-refractivity contribution in [2.75, 3.05) is 6.61 Å². The molecule has 0 rings (SSSR count). The molecule has 2 N–H and O–H groups in total. The van der Waals surface area contributed by atoms with Crippen molar-refractivity contribution in [2.45, 2.75) is 110 Å². The summed E-state index contributed by atoms with van der Waals surface area (Å²) < 4.78 is 14.9. The molecule has 0 heterocycles. The van der Waals surface area contributed by atoms with Crippen LogP contribution in [0.1, 0.15) is 110 Å². The monoisotopic (exact) mass is 552 g/mol. The molecular formula is C18H39HgO4P. The first-order chi connectivity index (χ1) is 11.1. The molecule has 0 aliphatic carbocycles. The van der Waals surface area contributed by atoms with Crippen LogP contribution in [0.3, 0.4) is 0 Å². The first-order valence-electron chi connectivity index (χ1n) is 9.76. The minimum Gasteiger partial charge on any atom is -0.303 e. The fourth-order valence-electron chi connectivity index (χ4n) is 2.83. The van der Waals surface area contributed by atoms with Crippen LogP contribution in [0.25, 0.3) is 0 Å². The first kappa shape index (κ1) is 27.3. The summed E-state index contributed by atoms with van der Waals surface area (Å²) in [5, 5.41) is 0. The van der Waals surface area contributed by atoms with Crippen LogP contribution >= 0.6 is 7.82 Å². The molecule has 4 nitrogen and oxygen atoms in total. The van der Waals surface area contributed by atoms with Gasteiger partial charge in [-0.25, -0.2) is 4.57 Å². The number of hydrogen-bond donors (Lipinski definition) is 2. The zero-order valence-electron chi connectivity index (χ0n) is 15.9. The van der Waals surface area contributed by atoms with Gasteiger partial charge in [0.15, 0.2) is 0 Å². The van der Waals surface area contributed by atoms with Crippen molar-refractivity contribution in [1.29, 1.82) is 0 Å². The first-order valence-corrected chi connectivity index (χ1v) is 11.3. The Morgan fingerprint density at radius 2 is 0.917 bits per heavy atom. The average Bonchev–Trinajstić information content (AvgIpc) is 2.49. The third kappa shape index (κ3) is 25.3. The van der Waals surface area contributed by atoms with Crippen molar-refractivity contribution in [2.24, 2.45) is 0 Å². The van der Waals surface area contributed by atoms with Crippen LogP contribution in [0.2, 0.25) is 0 Å². The third-order valence-corrected chi connectivity index (χ3v) is 4.78. The summed E-state index contributed by atoms with van der Waals surface area (Å²) >= 11 is 0. The van der Waals surface area contributed by atoms with E-state index in [0.29, 0.717) is 0 Å². The van der Waals surface area contributed by atoms with Crippen LogP contribution < -0.4 is 0 Å². The van der Waals surface area contributed by atoms with E-state index >= 15 is 0 Å². The Morgan fingerprint density at radius 1 is 0.625 bits per heavy atom. The maximum atomic E-state index is 10.5. The van der Waals surface area contributed by atoms with Gasteiger partial charge in [-0.05, 0) is 6.42 Å². The topological polar surface area (TPSA) is 66.8 Å². The van der Waals surface area contributed by atoms with Gasteiger partial charge in [0, 0.05) is 27.7 Å². The van der Waals surface area contributed by atoms with Crippen LogP contribution in [0, 0.1) is 0 Å². The summed E-state index contributed by atoms with van der Waals surface area (Å²) in [7, 11) is -4.26. The Hall–Kier alpha value is 1.05. The van der Waals surface area contributed by atoms with Crippen molar-refractivity contribution in [3.8, 4) is 0 Å². The zero-order chi connectivity index (χ0) is 17.2. The summed E-state index contributed by atoms with van der Waals surface area (Å²) in [5.74, 6) is 0. The molecule has 0 saturated heterocycles. The van der Waals surface area contributed by atoms with Gasteiger partial charge in [0.25, 0.3) is 0 Å². The van der Waals surface area contributed by atoms with Gasteiger partial charge in [-0.3, -0.25) is 4.52 Å². The van der Waals surface area contributed by atoms with Gasteiger partial charge in [-0.2, -0.15) is 0 Å². The Kier molecular flexibility index (Phi) is 23.1. The molecule has 0 aromatic carbocycles. The predicted molar refractivity (Wildman–Crippen MR) is 97.5 cm³/mol. The predicted octanol–water partition coefficient (Wildman–Crippen LogP) is 6.35. The second-order valence-corrected chi connectivity index (χ2v) is 7.87. The van der Waals surface area contributed by atoms with Crippen LogP contribution in [0.4, 0.5) is 0 Å². The second kappa shape index (κ2) is 20.4. The third-order valence-electron chi connectivity index (χ3n) is 4.26. The molecule has 24 heavy (non-hydrogen) atoms. The van der Waals surface area contributed by atoms with Crippen LogP contribution in [-0.2, 0) is 36.8 Å². The number of unbranched alkanes of at least 4 members (excludes halogenated alkanes) is 15. The molecule has 0 bridgehead atoms. The second-order valence-electron chi connectivity index (χ2n) is 6.63. The standard InChI is InChI=1S/C18H39O4P.Hg/c1-2-3-4-5-6-7-8-9-10-11-12-13-14-15-16-17-18-22-23(19,20)21;/h2-18H2,1H3,(H2,19,20,21);. The Bertz CT molecular complexity index is 284. The molecule has 0 spiro atoms. The minimum atomic E-state index is -4.26. The van der Waals surface area contributed by atoms with Crippen molar-refractivity contribution in [1.82, 2.24) is 0 Å². The minimum absolute atomic E-state index is 0. The van der Waals surface area contributed by atoms with Crippen LogP contribution in [0.15, 0.2) is 0 Å². The van der Waals surface area contributed by atoms with Gasteiger partial charge in [-0.15, -0.1) is 0 Å². The largest absolute Gasteiger partial charge is 0.469 e. The maximum absolute atomic E-state index is 10.5.